The van der Waals surface area contributed by atoms with Gasteiger partial charge in [0.25, 0.3) is 0 Å². The second-order valence-electron chi connectivity index (χ2n) is 5.04. The number of rotatable bonds is 3. The Morgan fingerprint density at radius 1 is 1.50 bits per heavy atom. The van der Waals surface area contributed by atoms with Gasteiger partial charge in [-0.25, -0.2) is 4.79 Å². The molecule has 1 atom stereocenters. The molecule has 2 N–H and O–H groups in total. The van der Waals surface area contributed by atoms with Crippen LogP contribution in [0.25, 0.3) is 0 Å². The Bertz CT molecular complexity index is 619. The Morgan fingerprint density at radius 2 is 2.32 bits per heavy atom. The van der Waals surface area contributed by atoms with Gasteiger partial charge in [0.1, 0.15) is 25.6 Å². The molecule has 0 aromatic heterocycles. The summed E-state index contributed by atoms with van der Waals surface area (Å²) < 4.78 is 10.9. The lowest BCUT2D eigenvalue weighted by Crippen LogP contribution is -2.36. The molecule has 2 aliphatic heterocycles. The molecule has 22 heavy (non-hydrogen) atoms. The predicted molar refractivity (Wildman–Crippen MR) is 81.5 cm³/mol. The molecular weight excluding hydrogens is 288 g/mol. The molecule has 0 bridgehead atoms. The molecule has 2 heterocycles. The van der Waals surface area contributed by atoms with Crippen molar-refractivity contribution < 1.29 is 19.1 Å². The number of amides is 1. The number of carbonyl (C=O) groups excluding carboxylic acids is 1. The Labute approximate surface area is 128 Å². The van der Waals surface area contributed by atoms with Crippen molar-refractivity contribution in [3.8, 4) is 5.75 Å². The summed E-state index contributed by atoms with van der Waals surface area (Å²) in [6, 6.07) is 5.53. The quantitative estimate of drug-likeness (QED) is 0.829. The molecule has 0 aliphatic carbocycles. The molecule has 1 fully saturated rings. The summed E-state index contributed by atoms with van der Waals surface area (Å²) in [5, 5.41) is 3.92. The molecule has 1 aromatic rings. The summed E-state index contributed by atoms with van der Waals surface area (Å²) >= 11 is 0. The number of anilines is 2. The van der Waals surface area contributed by atoms with Gasteiger partial charge in [0.2, 0.25) is 0 Å². The van der Waals surface area contributed by atoms with Crippen LogP contribution in [0.15, 0.2) is 23.4 Å². The molecule has 8 heteroatoms. The lowest BCUT2D eigenvalue weighted by molar-refractivity contribution is 0.145. The molecule has 118 valence electrons. The summed E-state index contributed by atoms with van der Waals surface area (Å²) in [7, 11) is 3.37. The smallest absolute Gasteiger partial charge is 0.414 e. The lowest BCUT2D eigenvalue weighted by Gasteiger charge is -2.29. The van der Waals surface area contributed by atoms with Crippen molar-refractivity contribution >= 4 is 23.3 Å². The highest BCUT2D eigenvalue weighted by atomic mass is 16.6. The molecule has 3 rings (SSSR count). The maximum atomic E-state index is 11.9. The molecule has 1 aromatic carbocycles. The lowest BCUT2D eigenvalue weighted by atomic mass is 10.2. The third kappa shape index (κ3) is 2.41. The Kier molecular flexibility index (Phi) is 3.76. The van der Waals surface area contributed by atoms with Gasteiger partial charge in [0.05, 0.1) is 17.9 Å². The summed E-state index contributed by atoms with van der Waals surface area (Å²) in [6.07, 6.45) is -0.659. The number of nitrogens with zero attached hydrogens (tertiary/aromatic N) is 3. The van der Waals surface area contributed by atoms with E-state index in [4.69, 9.17) is 20.0 Å². The number of nitrogens with two attached hydrogens (primary N) is 1. The van der Waals surface area contributed by atoms with Gasteiger partial charge in [-0.15, -0.1) is 0 Å². The Balaban J connectivity index is 1.87. The second-order valence-corrected chi connectivity index (χ2v) is 5.04. The van der Waals surface area contributed by atoms with Gasteiger partial charge in [0.15, 0.2) is 5.84 Å². The monoisotopic (exact) mass is 306 g/mol. The second kappa shape index (κ2) is 5.72. The van der Waals surface area contributed by atoms with Gasteiger partial charge in [-0.05, 0) is 12.1 Å². The number of hydrogen-bond donors (Lipinski definition) is 1. The zero-order chi connectivity index (χ0) is 15.7. The number of carbonyl (C=O) groups is 1. The van der Waals surface area contributed by atoms with Crippen molar-refractivity contribution in [1.82, 2.24) is 0 Å². The van der Waals surface area contributed by atoms with Crippen LogP contribution in [-0.2, 0) is 9.57 Å². The van der Waals surface area contributed by atoms with Crippen LogP contribution in [0.5, 0.6) is 5.75 Å². The fourth-order valence-electron chi connectivity index (χ4n) is 2.49. The van der Waals surface area contributed by atoms with E-state index in [1.165, 1.54) is 7.11 Å². The van der Waals surface area contributed by atoms with Crippen LogP contribution in [0.3, 0.4) is 0 Å². The van der Waals surface area contributed by atoms with Crippen LogP contribution in [0.2, 0.25) is 0 Å². The van der Waals surface area contributed by atoms with Crippen molar-refractivity contribution in [3.63, 3.8) is 0 Å². The number of fused-ring (bicyclic) bond motifs is 1. The first kappa shape index (κ1) is 14.5. The van der Waals surface area contributed by atoms with Crippen molar-refractivity contribution in [2.45, 2.75) is 6.10 Å². The van der Waals surface area contributed by atoms with E-state index in [-0.39, 0.29) is 12.2 Å². The van der Waals surface area contributed by atoms with Gasteiger partial charge in [-0.1, -0.05) is 5.16 Å². The van der Waals surface area contributed by atoms with Crippen LogP contribution in [0, 0.1) is 0 Å². The minimum Gasteiger partial charge on any atom is -0.483 e. The topological polar surface area (TPSA) is 89.6 Å². The SMILES string of the molecule is CON=C1COc2cc(N3C[C@@H](CN)OC3=O)ccc2N1C. The average Bonchev–Trinajstić information content (AvgIpc) is 2.91. The van der Waals surface area contributed by atoms with E-state index >= 15 is 0 Å². The average molecular weight is 306 g/mol. The number of amidine groups is 1. The van der Waals surface area contributed by atoms with Crippen molar-refractivity contribution in [1.29, 1.82) is 0 Å². The first-order chi connectivity index (χ1) is 10.6. The molecule has 1 saturated heterocycles. The van der Waals surface area contributed by atoms with E-state index in [1.807, 2.05) is 30.1 Å². The summed E-state index contributed by atoms with van der Waals surface area (Å²) in [5.74, 6) is 1.35. The Hall–Kier alpha value is -2.48. The molecule has 2 aliphatic rings. The molecular formula is C14H18N4O4. The van der Waals surface area contributed by atoms with Crippen molar-refractivity contribution in [2.24, 2.45) is 10.9 Å². The number of oxime groups is 1. The fourth-order valence-corrected chi connectivity index (χ4v) is 2.49. The standard InChI is InChI=1S/C14H18N4O4/c1-17-11-4-3-9(18-7-10(6-15)22-14(18)19)5-12(11)21-8-13(17)16-20-2/h3-5,10H,6-8,15H2,1-2H3/t10-/m1/s1. The molecule has 0 saturated carbocycles. The van der Waals surface area contributed by atoms with Gasteiger partial charge in [-0.2, -0.15) is 0 Å². The van der Waals surface area contributed by atoms with Crippen LogP contribution in [0.4, 0.5) is 16.2 Å². The summed E-state index contributed by atoms with van der Waals surface area (Å²) in [6.45, 7) is 1.06. The first-order valence-electron chi connectivity index (χ1n) is 6.93. The highest BCUT2D eigenvalue weighted by Crippen LogP contribution is 2.36. The minimum absolute atomic E-state index is 0.271. The van der Waals surface area contributed by atoms with Gasteiger partial charge < -0.3 is 24.9 Å². The van der Waals surface area contributed by atoms with Crippen molar-refractivity contribution in [3.05, 3.63) is 18.2 Å². The van der Waals surface area contributed by atoms with E-state index in [9.17, 15) is 4.79 Å². The molecule has 0 unspecified atom stereocenters. The highest BCUT2D eigenvalue weighted by molar-refractivity contribution is 6.01. The maximum Gasteiger partial charge on any atom is 0.414 e. The number of likely N-dealkylation sites (N-methyl/N-ethyl adjacent to an activating group) is 1. The number of ether oxygens (including phenoxy) is 2. The number of cyclic esters (lactones) is 1. The molecule has 1 amide bonds. The zero-order valence-electron chi connectivity index (χ0n) is 12.5. The number of benzene rings is 1. The van der Waals surface area contributed by atoms with Gasteiger partial charge >= 0.3 is 6.09 Å². The first-order valence-corrected chi connectivity index (χ1v) is 6.93. The van der Waals surface area contributed by atoms with E-state index < -0.39 is 0 Å². The largest absolute Gasteiger partial charge is 0.483 e. The minimum atomic E-state index is -0.388. The zero-order valence-corrected chi connectivity index (χ0v) is 12.5. The van der Waals surface area contributed by atoms with E-state index in [2.05, 4.69) is 5.16 Å². The third-order valence-corrected chi connectivity index (χ3v) is 3.69. The molecule has 8 nitrogen and oxygen atoms in total. The van der Waals surface area contributed by atoms with Crippen LogP contribution >= 0.6 is 0 Å². The number of hydrogen-bond acceptors (Lipinski definition) is 6. The molecule has 0 spiro atoms. The maximum absolute atomic E-state index is 11.9. The van der Waals surface area contributed by atoms with E-state index in [0.29, 0.717) is 31.3 Å². The van der Waals surface area contributed by atoms with Gasteiger partial charge in [0, 0.05) is 19.7 Å². The molecule has 0 radical (unpaired) electrons. The van der Waals surface area contributed by atoms with Gasteiger partial charge in [-0.3, -0.25) is 4.90 Å². The normalized spacial score (nSPS) is 22.4. The predicted octanol–water partition coefficient (Wildman–Crippen LogP) is 0.759. The summed E-state index contributed by atoms with van der Waals surface area (Å²) in [4.78, 5) is 20.1. The van der Waals surface area contributed by atoms with Crippen LogP contribution in [0.1, 0.15) is 0 Å². The van der Waals surface area contributed by atoms with E-state index in [0.717, 1.165) is 11.4 Å². The highest BCUT2D eigenvalue weighted by Gasteiger charge is 2.32. The van der Waals surface area contributed by atoms with Crippen LogP contribution in [-0.4, -0.2) is 51.9 Å². The summed E-state index contributed by atoms with van der Waals surface area (Å²) in [5.41, 5.74) is 7.13. The Morgan fingerprint density at radius 3 is 3.00 bits per heavy atom. The van der Waals surface area contributed by atoms with Crippen molar-refractivity contribution in [2.75, 3.05) is 43.7 Å². The van der Waals surface area contributed by atoms with Crippen LogP contribution < -0.4 is 20.3 Å². The fraction of sp³-hybridized carbons (Fsp3) is 0.429. The third-order valence-electron chi connectivity index (χ3n) is 3.69. The van der Waals surface area contributed by atoms with E-state index in [1.54, 1.807) is 4.90 Å².